The Bertz CT molecular complexity index is 370. The fraction of sp³-hybridized carbons (Fsp3) is 0.250. The molecule has 0 fully saturated rings. The summed E-state index contributed by atoms with van der Waals surface area (Å²) >= 11 is 0. The maximum atomic E-state index is 5.53. The summed E-state index contributed by atoms with van der Waals surface area (Å²) in [4.78, 5) is 7.17. The highest BCUT2D eigenvalue weighted by Gasteiger charge is 1.95. The van der Waals surface area contributed by atoms with Crippen LogP contribution in [-0.4, -0.2) is 16.6 Å². The molecule has 0 unspecified atom stereocenters. The largest absolute Gasteiger partial charge is 0.376 e. The molecular formula is C12H14N2O. The lowest BCUT2D eigenvalue weighted by atomic mass is 10.2. The van der Waals surface area contributed by atoms with Crippen LogP contribution < -0.4 is 0 Å². The maximum Gasteiger partial charge on any atom is 0.108 e. The van der Waals surface area contributed by atoms with Crippen molar-refractivity contribution in [1.82, 2.24) is 9.97 Å². The first-order valence-electron chi connectivity index (χ1n) is 5.05. The molecule has 1 aromatic heterocycles. The third kappa shape index (κ3) is 3.22. The van der Waals surface area contributed by atoms with Crippen molar-refractivity contribution in [2.24, 2.45) is 0 Å². The third-order valence-electron chi connectivity index (χ3n) is 2.15. The van der Waals surface area contributed by atoms with E-state index >= 15 is 0 Å². The first-order chi connectivity index (χ1) is 7.45. The molecule has 1 N–H and O–H groups in total. The Morgan fingerprint density at radius 1 is 1.20 bits per heavy atom. The standard InChI is InChI=1S/C12H14N2O/c1-2-4-11(5-3-1)10-15-9-6-12-13-7-8-14-12/h1-5,7-8H,6,9-10H2,(H,13,14). The van der Waals surface area contributed by atoms with E-state index in [2.05, 4.69) is 22.1 Å². The number of aromatic amines is 1. The molecule has 2 rings (SSSR count). The van der Waals surface area contributed by atoms with Crippen molar-refractivity contribution in [3.8, 4) is 0 Å². The number of nitrogens with zero attached hydrogens (tertiary/aromatic N) is 1. The zero-order chi connectivity index (χ0) is 10.3. The lowest BCUT2D eigenvalue weighted by Crippen LogP contribution is -2.00. The molecule has 0 atom stereocenters. The molecule has 0 bridgehead atoms. The van der Waals surface area contributed by atoms with E-state index in [1.165, 1.54) is 5.56 Å². The summed E-state index contributed by atoms with van der Waals surface area (Å²) in [6, 6.07) is 10.2. The molecule has 0 saturated heterocycles. The molecule has 0 amide bonds. The van der Waals surface area contributed by atoms with Gasteiger partial charge in [-0.1, -0.05) is 30.3 Å². The predicted octanol–water partition coefficient (Wildman–Crippen LogP) is 2.17. The molecule has 0 aliphatic rings. The monoisotopic (exact) mass is 202 g/mol. The van der Waals surface area contributed by atoms with Crippen molar-refractivity contribution in [2.75, 3.05) is 6.61 Å². The highest BCUT2D eigenvalue weighted by Crippen LogP contribution is 2.01. The van der Waals surface area contributed by atoms with Gasteiger partial charge in [0.15, 0.2) is 0 Å². The molecule has 1 aromatic carbocycles. The zero-order valence-corrected chi connectivity index (χ0v) is 8.52. The van der Waals surface area contributed by atoms with Gasteiger partial charge in [0.25, 0.3) is 0 Å². The second-order valence-electron chi connectivity index (χ2n) is 3.32. The zero-order valence-electron chi connectivity index (χ0n) is 8.52. The van der Waals surface area contributed by atoms with Crippen LogP contribution in [0.15, 0.2) is 42.7 Å². The third-order valence-corrected chi connectivity index (χ3v) is 2.15. The lowest BCUT2D eigenvalue weighted by Gasteiger charge is -2.02. The van der Waals surface area contributed by atoms with Gasteiger partial charge < -0.3 is 9.72 Å². The molecule has 2 aromatic rings. The molecule has 15 heavy (non-hydrogen) atoms. The number of nitrogens with one attached hydrogen (secondary N) is 1. The molecule has 3 nitrogen and oxygen atoms in total. The van der Waals surface area contributed by atoms with Crippen LogP contribution in [0.2, 0.25) is 0 Å². The van der Waals surface area contributed by atoms with Gasteiger partial charge in [-0.3, -0.25) is 0 Å². The van der Waals surface area contributed by atoms with Crippen LogP contribution in [0.3, 0.4) is 0 Å². The van der Waals surface area contributed by atoms with Gasteiger partial charge in [-0.25, -0.2) is 4.98 Å². The number of imidazole rings is 1. The van der Waals surface area contributed by atoms with Crippen molar-refractivity contribution >= 4 is 0 Å². The molecular weight excluding hydrogens is 188 g/mol. The van der Waals surface area contributed by atoms with Gasteiger partial charge in [0.05, 0.1) is 13.2 Å². The Hall–Kier alpha value is -1.61. The van der Waals surface area contributed by atoms with Crippen molar-refractivity contribution in [3.05, 3.63) is 54.1 Å². The first-order valence-corrected chi connectivity index (χ1v) is 5.05. The number of H-pyrrole nitrogens is 1. The lowest BCUT2D eigenvalue weighted by molar-refractivity contribution is 0.123. The summed E-state index contributed by atoms with van der Waals surface area (Å²) in [7, 11) is 0. The quantitative estimate of drug-likeness (QED) is 0.754. The maximum absolute atomic E-state index is 5.53. The molecule has 0 saturated carbocycles. The van der Waals surface area contributed by atoms with Gasteiger partial charge in [-0.05, 0) is 5.56 Å². The van der Waals surface area contributed by atoms with E-state index in [-0.39, 0.29) is 0 Å². The second kappa shape index (κ2) is 5.32. The van der Waals surface area contributed by atoms with Crippen LogP contribution in [0.25, 0.3) is 0 Å². The van der Waals surface area contributed by atoms with E-state index < -0.39 is 0 Å². The summed E-state index contributed by atoms with van der Waals surface area (Å²) in [6.07, 6.45) is 4.42. The van der Waals surface area contributed by atoms with Crippen LogP contribution in [0.1, 0.15) is 11.4 Å². The van der Waals surface area contributed by atoms with E-state index in [4.69, 9.17) is 4.74 Å². The van der Waals surface area contributed by atoms with Gasteiger partial charge in [0.2, 0.25) is 0 Å². The summed E-state index contributed by atoms with van der Waals surface area (Å²) in [5.74, 6) is 0.975. The summed E-state index contributed by atoms with van der Waals surface area (Å²) < 4.78 is 5.53. The average molecular weight is 202 g/mol. The number of hydrogen-bond donors (Lipinski definition) is 1. The van der Waals surface area contributed by atoms with Crippen LogP contribution in [0.4, 0.5) is 0 Å². The Balaban J connectivity index is 1.68. The molecule has 0 aliphatic carbocycles. The van der Waals surface area contributed by atoms with Gasteiger partial charge in [-0.2, -0.15) is 0 Å². The van der Waals surface area contributed by atoms with Gasteiger partial charge >= 0.3 is 0 Å². The molecule has 0 aliphatic heterocycles. The van der Waals surface area contributed by atoms with Crippen LogP contribution in [0, 0.1) is 0 Å². The Labute approximate surface area is 89.1 Å². The number of hydrogen-bond acceptors (Lipinski definition) is 2. The Morgan fingerprint density at radius 2 is 2.07 bits per heavy atom. The highest BCUT2D eigenvalue weighted by molar-refractivity contribution is 5.13. The normalized spacial score (nSPS) is 10.4. The van der Waals surface area contributed by atoms with Crippen LogP contribution >= 0.6 is 0 Å². The second-order valence-corrected chi connectivity index (χ2v) is 3.32. The van der Waals surface area contributed by atoms with Gasteiger partial charge in [-0.15, -0.1) is 0 Å². The number of ether oxygens (including phenoxy) is 1. The predicted molar refractivity (Wildman–Crippen MR) is 58.4 cm³/mol. The molecule has 1 heterocycles. The summed E-state index contributed by atoms with van der Waals surface area (Å²) in [5, 5.41) is 0. The molecule has 0 spiro atoms. The minimum atomic E-state index is 0.668. The minimum Gasteiger partial charge on any atom is -0.376 e. The molecule has 3 heteroatoms. The van der Waals surface area contributed by atoms with Gasteiger partial charge in [0, 0.05) is 18.8 Å². The Morgan fingerprint density at radius 3 is 2.80 bits per heavy atom. The minimum absolute atomic E-state index is 0.668. The number of aromatic nitrogens is 2. The van der Waals surface area contributed by atoms with Crippen LogP contribution in [-0.2, 0) is 17.8 Å². The average Bonchev–Trinajstić information content (AvgIpc) is 2.79. The fourth-order valence-corrected chi connectivity index (χ4v) is 1.37. The van der Waals surface area contributed by atoms with E-state index in [1.807, 2.05) is 24.4 Å². The topological polar surface area (TPSA) is 37.9 Å². The van der Waals surface area contributed by atoms with Crippen LogP contribution in [0.5, 0.6) is 0 Å². The SMILES string of the molecule is c1ccc(COCCc2ncc[nH]2)cc1. The number of rotatable bonds is 5. The van der Waals surface area contributed by atoms with Crippen molar-refractivity contribution in [1.29, 1.82) is 0 Å². The Kier molecular flexibility index (Phi) is 3.52. The molecule has 78 valence electrons. The van der Waals surface area contributed by atoms with E-state index in [1.54, 1.807) is 6.20 Å². The van der Waals surface area contributed by atoms with E-state index in [0.29, 0.717) is 13.2 Å². The smallest absolute Gasteiger partial charge is 0.108 e. The van der Waals surface area contributed by atoms with E-state index in [9.17, 15) is 0 Å². The van der Waals surface area contributed by atoms with E-state index in [0.717, 1.165) is 12.2 Å². The summed E-state index contributed by atoms with van der Waals surface area (Å²) in [6.45, 7) is 1.37. The fourth-order valence-electron chi connectivity index (χ4n) is 1.37. The summed E-state index contributed by atoms with van der Waals surface area (Å²) in [5.41, 5.74) is 1.21. The first kappa shape index (κ1) is 9.93. The molecule has 0 radical (unpaired) electrons. The van der Waals surface area contributed by atoms with Crippen molar-refractivity contribution in [3.63, 3.8) is 0 Å². The number of benzene rings is 1. The van der Waals surface area contributed by atoms with Crippen molar-refractivity contribution in [2.45, 2.75) is 13.0 Å². The van der Waals surface area contributed by atoms with Crippen molar-refractivity contribution < 1.29 is 4.74 Å². The highest BCUT2D eigenvalue weighted by atomic mass is 16.5. The van der Waals surface area contributed by atoms with Gasteiger partial charge in [0.1, 0.15) is 5.82 Å².